The van der Waals surface area contributed by atoms with Gasteiger partial charge in [0.05, 0.1) is 12.7 Å². The Morgan fingerprint density at radius 2 is 1.72 bits per heavy atom. The normalized spacial score (nSPS) is 25.2. The van der Waals surface area contributed by atoms with Gasteiger partial charge in [-0.05, 0) is 53.4 Å². The molecule has 5 rings (SSSR count). The first kappa shape index (κ1) is 21.2. The number of nitrogens with one attached hydrogen (secondary N) is 1. The molecule has 0 aromatic heterocycles. The van der Waals surface area contributed by atoms with E-state index in [1.165, 1.54) is 16.7 Å². The van der Waals surface area contributed by atoms with Crippen LogP contribution in [0, 0.1) is 11.8 Å². The minimum atomic E-state index is -0.457. The molecule has 0 spiro atoms. The van der Waals surface area contributed by atoms with E-state index in [4.69, 9.17) is 4.74 Å². The molecule has 1 aliphatic carbocycles. The van der Waals surface area contributed by atoms with Gasteiger partial charge < -0.3 is 15.0 Å². The summed E-state index contributed by atoms with van der Waals surface area (Å²) < 4.78 is 5.37. The van der Waals surface area contributed by atoms with E-state index >= 15 is 0 Å². The minimum absolute atomic E-state index is 0.0122. The molecule has 1 N–H and O–H groups in total. The summed E-state index contributed by atoms with van der Waals surface area (Å²) in [4.78, 5) is 28.8. The lowest BCUT2D eigenvalue weighted by molar-refractivity contribution is -0.152. The van der Waals surface area contributed by atoms with E-state index in [0.717, 1.165) is 31.4 Å². The second-order valence-corrected chi connectivity index (χ2v) is 10.0. The van der Waals surface area contributed by atoms with Crippen molar-refractivity contribution in [1.29, 1.82) is 0 Å². The third-order valence-corrected chi connectivity index (χ3v) is 6.98. The number of carbonyl (C=O) groups is 2. The molecule has 0 bridgehead atoms. The first-order chi connectivity index (χ1) is 15.5. The Morgan fingerprint density at radius 3 is 2.38 bits per heavy atom. The fourth-order valence-electron chi connectivity index (χ4n) is 5.30. The standard InChI is InChI=1S/C27H32N2O3/c1-17(2)10-24-26(30)28-25(22-13-20-8-3-4-9-21(20)14-22)27(31)29(24)15-19-7-5-6-18(11-19)12-23-16-32-23/h3-9,11,17,22-25H,10,12-16H2,1-2H3,(H,28,30)/t23?,24-,25-/m1/s1. The predicted molar refractivity (Wildman–Crippen MR) is 123 cm³/mol. The maximum absolute atomic E-state index is 13.8. The zero-order valence-corrected chi connectivity index (χ0v) is 18.9. The summed E-state index contributed by atoms with van der Waals surface area (Å²) in [5.41, 5.74) is 4.89. The molecule has 2 aromatic rings. The van der Waals surface area contributed by atoms with Crippen LogP contribution in [0.2, 0.25) is 0 Å². The summed E-state index contributed by atoms with van der Waals surface area (Å²) in [6.45, 7) is 5.51. The summed E-state index contributed by atoms with van der Waals surface area (Å²) in [6, 6.07) is 15.9. The van der Waals surface area contributed by atoms with Crippen molar-refractivity contribution in [3.05, 3.63) is 70.8 Å². The molecular weight excluding hydrogens is 400 g/mol. The van der Waals surface area contributed by atoms with Gasteiger partial charge in [0, 0.05) is 13.0 Å². The summed E-state index contributed by atoms with van der Waals surface area (Å²) in [5.74, 6) is 0.488. The molecule has 32 heavy (non-hydrogen) atoms. The number of amides is 2. The number of carbonyl (C=O) groups excluding carboxylic acids is 2. The zero-order valence-electron chi connectivity index (χ0n) is 18.9. The maximum atomic E-state index is 13.8. The number of benzene rings is 2. The van der Waals surface area contributed by atoms with Crippen LogP contribution < -0.4 is 5.32 Å². The third-order valence-electron chi connectivity index (χ3n) is 6.98. The largest absolute Gasteiger partial charge is 0.373 e. The van der Waals surface area contributed by atoms with Crippen LogP contribution in [0.15, 0.2) is 48.5 Å². The van der Waals surface area contributed by atoms with E-state index in [2.05, 4.69) is 49.5 Å². The Balaban J connectivity index is 1.38. The predicted octanol–water partition coefficient (Wildman–Crippen LogP) is 3.28. The number of hydrogen-bond acceptors (Lipinski definition) is 3. The number of nitrogens with zero attached hydrogens (tertiary/aromatic N) is 1. The van der Waals surface area contributed by atoms with E-state index in [1.807, 2.05) is 23.1 Å². The highest BCUT2D eigenvalue weighted by Crippen LogP contribution is 2.32. The zero-order chi connectivity index (χ0) is 22.2. The summed E-state index contributed by atoms with van der Waals surface area (Å²) in [5, 5.41) is 3.11. The average Bonchev–Trinajstić information content (AvgIpc) is 3.47. The van der Waals surface area contributed by atoms with Crippen molar-refractivity contribution >= 4 is 11.8 Å². The number of hydrogen-bond donors (Lipinski definition) is 1. The number of rotatable bonds is 7. The summed E-state index contributed by atoms with van der Waals surface area (Å²) in [7, 11) is 0. The Hall–Kier alpha value is -2.66. The lowest BCUT2D eigenvalue weighted by Crippen LogP contribution is -2.65. The number of fused-ring (bicyclic) bond motifs is 1. The van der Waals surface area contributed by atoms with E-state index in [9.17, 15) is 9.59 Å². The van der Waals surface area contributed by atoms with Gasteiger partial charge in [-0.25, -0.2) is 0 Å². The van der Waals surface area contributed by atoms with Gasteiger partial charge in [-0.2, -0.15) is 0 Å². The van der Waals surface area contributed by atoms with E-state index < -0.39 is 12.1 Å². The molecule has 2 fully saturated rings. The molecule has 2 saturated heterocycles. The molecule has 3 aliphatic rings. The van der Waals surface area contributed by atoms with Gasteiger partial charge in [0.1, 0.15) is 12.1 Å². The maximum Gasteiger partial charge on any atom is 0.246 e. The third kappa shape index (κ3) is 4.44. The van der Waals surface area contributed by atoms with Gasteiger partial charge >= 0.3 is 0 Å². The average molecular weight is 433 g/mol. The van der Waals surface area contributed by atoms with Crippen LogP contribution in [0.25, 0.3) is 0 Å². The highest BCUT2D eigenvalue weighted by Gasteiger charge is 2.45. The first-order valence-electron chi connectivity index (χ1n) is 11.8. The van der Waals surface area contributed by atoms with Gasteiger partial charge in [0.15, 0.2) is 0 Å². The van der Waals surface area contributed by atoms with Crippen molar-refractivity contribution < 1.29 is 14.3 Å². The fourth-order valence-corrected chi connectivity index (χ4v) is 5.30. The van der Waals surface area contributed by atoms with Gasteiger partial charge in [0.25, 0.3) is 0 Å². The highest BCUT2D eigenvalue weighted by atomic mass is 16.6. The molecule has 0 radical (unpaired) electrons. The SMILES string of the molecule is CC(C)C[C@@H]1C(=O)N[C@H](C2Cc3ccccc3C2)C(=O)N1Cc1cccc(CC2CO2)c1. The highest BCUT2D eigenvalue weighted by molar-refractivity contribution is 5.97. The molecular formula is C27H32N2O3. The van der Waals surface area contributed by atoms with Crippen LogP contribution in [0.4, 0.5) is 0 Å². The van der Waals surface area contributed by atoms with Crippen molar-refractivity contribution in [2.24, 2.45) is 11.8 Å². The quantitative estimate of drug-likeness (QED) is 0.683. The Labute approximate surface area is 190 Å². The molecule has 2 aromatic carbocycles. The monoisotopic (exact) mass is 432 g/mol. The van der Waals surface area contributed by atoms with Crippen LogP contribution >= 0.6 is 0 Å². The smallest absolute Gasteiger partial charge is 0.246 e. The Kier molecular flexibility index (Phi) is 5.76. The van der Waals surface area contributed by atoms with Gasteiger partial charge in [0.2, 0.25) is 11.8 Å². The van der Waals surface area contributed by atoms with Gasteiger partial charge in [-0.1, -0.05) is 62.4 Å². The lowest BCUT2D eigenvalue weighted by atomic mass is 9.89. The van der Waals surface area contributed by atoms with Crippen LogP contribution in [0.1, 0.15) is 42.5 Å². The van der Waals surface area contributed by atoms with Crippen molar-refractivity contribution in [3.63, 3.8) is 0 Å². The van der Waals surface area contributed by atoms with Crippen molar-refractivity contribution in [3.8, 4) is 0 Å². The molecule has 2 aliphatic heterocycles. The number of epoxide rings is 1. The van der Waals surface area contributed by atoms with Crippen LogP contribution in [-0.4, -0.2) is 41.5 Å². The van der Waals surface area contributed by atoms with Crippen molar-refractivity contribution in [2.75, 3.05) is 6.61 Å². The lowest BCUT2D eigenvalue weighted by Gasteiger charge is -2.41. The first-order valence-corrected chi connectivity index (χ1v) is 11.8. The Bertz CT molecular complexity index is 988. The molecule has 3 atom stereocenters. The molecule has 5 nitrogen and oxygen atoms in total. The van der Waals surface area contributed by atoms with Crippen molar-refractivity contribution in [1.82, 2.24) is 10.2 Å². The summed E-state index contributed by atoms with van der Waals surface area (Å²) >= 11 is 0. The van der Waals surface area contributed by atoms with Crippen molar-refractivity contribution in [2.45, 2.75) is 64.3 Å². The summed E-state index contributed by atoms with van der Waals surface area (Å²) in [6.07, 6.45) is 3.58. The molecule has 1 unspecified atom stereocenters. The van der Waals surface area contributed by atoms with E-state index in [-0.39, 0.29) is 17.7 Å². The minimum Gasteiger partial charge on any atom is -0.373 e. The number of ether oxygens (including phenoxy) is 1. The van der Waals surface area contributed by atoms with Crippen LogP contribution in [-0.2, 0) is 40.1 Å². The fraction of sp³-hybridized carbons (Fsp3) is 0.481. The second kappa shape index (κ2) is 8.70. The Morgan fingerprint density at radius 1 is 1.03 bits per heavy atom. The molecule has 0 saturated carbocycles. The van der Waals surface area contributed by atoms with Crippen LogP contribution in [0.5, 0.6) is 0 Å². The molecule has 2 heterocycles. The van der Waals surface area contributed by atoms with Gasteiger partial charge in [-0.3, -0.25) is 9.59 Å². The molecule has 168 valence electrons. The number of piperazine rings is 1. The van der Waals surface area contributed by atoms with Crippen LogP contribution in [0.3, 0.4) is 0 Å². The molecule has 2 amide bonds. The van der Waals surface area contributed by atoms with E-state index in [0.29, 0.717) is 25.0 Å². The topological polar surface area (TPSA) is 61.9 Å². The van der Waals surface area contributed by atoms with Gasteiger partial charge in [-0.15, -0.1) is 0 Å². The van der Waals surface area contributed by atoms with E-state index in [1.54, 1.807) is 0 Å². The second-order valence-electron chi connectivity index (χ2n) is 10.0. The molecule has 5 heteroatoms.